The molecule has 15 heavy (non-hydrogen) atoms. The van der Waals surface area contributed by atoms with E-state index in [1.54, 1.807) is 0 Å². The molecule has 0 saturated heterocycles. The molecule has 3 heteroatoms. The van der Waals surface area contributed by atoms with Crippen LogP contribution in [0.3, 0.4) is 0 Å². The van der Waals surface area contributed by atoms with Crippen LogP contribution in [0.1, 0.15) is 32.1 Å². The van der Waals surface area contributed by atoms with Crippen LogP contribution in [0.4, 0.5) is 0 Å². The Kier molecular flexibility index (Phi) is 2.54. The van der Waals surface area contributed by atoms with E-state index in [4.69, 9.17) is 0 Å². The molecule has 0 radical (unpaired) electrons. The standard InChI is InChI=1S/C12H18BrNO/c13-3-4-14(11-1-2-11)12(15)10-6-8-5-9(8)7-10/h8-11H,1-7H2. The van der Waals surface area contributed by atoms with Gasteiger partial charge in [-0.3, -0.25) is 4.79 Å². The van der Waals surface area contributed by atoms with Gasteiger partial charge in [-0.15, -0.1) is 0 Å². The monoisotopic (exact) mass is 271 g/mol. The highest BCUT2D eigenvalue weighted by Gasteiger charge is 2.49. The third-order valence-electron chi connectivity index (χ3n) is 4.19. The van der Waals surface area contributed by atoms with Crippen LogP contribution in [-0.2, 0) is 4.79 Å². The zero-order valence-electron chi connectivity index (χ0n) is 8.99. The summed E-state index contributed by atoms with van der Waals surface area (Å²) in [5.74, 6) is 2.69. The minimum absolute atomic E-state index is 0.383. The lowest BCUT2D eigenvalue weighted by atomic mass is 10.0. The highest BCUT2D eigenvalue weighted by Crippen LogP contribution is 2.54. The van der Waals surface area contributed by atoms with Crippen molar-refractivity contribution in [2.24, 2.45) is 17.8 Å². The molecule has 84 valence electrons. The summed E-state index contributed by atoms with van der Waals surface area (Å²) in [5.41, 5.74) is 0. The van der Waals surface area contributed by atoms with Gasteiger partial charge in [0.25, 0.3) is 0 Å². The predicted octanol–water partition coefficient (Wildman–Crippen LogP) is 2.42. The molecular formula is C12H18BrNO. The summed E-state index contributed by atoms with van der Waals surface area (Å²) < 4.78 is 0. The Hall–Kier alpha value is -0.0500. The first-order valence-electron chi connectivity index (χ1n) is 6.16. The Morgan fingerprint density at radius 2 is 1.87 bits per heavy atom. The molecule has 0 aliphatic heterocycles. The molecule has 0 aromatic rings. The maximum Gasteiger partial charge on any atom is 0.225 e. The summed E-state index contributed by atoms with van der Waals surface area (Å²) in [7, 11) is 0. The Morgan fingerprint density at radius 3 is 2.40 bits per heavy atom. The van der Waals surface area contributed by atoms with Crippen LogP contribution in [0, 0.1) is 17.8 Å². The van der Waals surface area contributed by atoms with Gasteiger partial charge >= 0.3 is 0 Å². The Bertz CT molecular complexity index is 267. The van der Waals surface area contributed by atoms with Crippen LogP contribution >= 0.6 is 15.9 Å². The molecule has 2 atom stereocenters. The van der Waals surface area contributed by atoms with Crippen molar-refractivity contribution >= 4 is 21.8 Å². The fourth-order valence-corrected chi connectivity index (χ4v) is 3.48. The minimum atomic E-state index is 0.383. The predicted molar refractivity (Wildman–Crippen MR) is 62.9 cm³/mol. The van der Waals surface area contributed by atoms with Crippen LogP contribution in [0.15, 0.2) is 0 Å². The zero-order chi connectivity index (χ0) is 10.4. The van der Waals surface area contributed by atoms with E-state index in [0.717, 1.165) is 23.7 Å². The third kappa shape index (κ3) is 1.95. The van der Waals surface area contributed by atoms with Gasteiger partial charge in [-0.1, -0.05) is 15.9 Å². The largest absolute Gasteiger partial charge is 0.339 e. The maximum absolute atomic E-state index is 12.3. The number of carbonyl (C=O) groups is 1. The second-order valence-corrected chi connectivity index (χ2v) is 6.17. The van der Waals surface area contributed by atoms with Gasteiger partial charge in [0, 0.05) is 23.8 Å². The molecule has 3 aliphatic rings. The molecule has 2 unspecified atom stereocenters. The van der Waals surface area contributed by atoms with E-state index in [2.05, 4.69) is 20.8 Å². The van der Waals surface area contributed by atoms with Crippen molar-refractivity contribution in [1.29, 1.82) is 0 Å². The van der Waals surface area contributed by atoms with E-state index in [0.29, 0.717) is 17.9 Å². The average molecular weight is 272 g/mol. The van der Waals surface area contributed by atoms with Gasteiger partial charge in [0.15, 0.2) is 0 Å². The number of hydrogen-bond acceptors (Lipinski definition) is 1. The van der Waals surface area contributed by atoms with Crippen molar-refractivity contribution in [3.63, 3.8) is 0 Å². The van der Waals surface area contributed by atoms with E-state index < -0.39 is 0 Å². The van der Waals surface area contributed by atoms with Crippen molar-refractivity contribution in [3.8, 4) is 0 Å². The molecule has 0 bridgehead atoms. The number of nitrogens with zero attached hydrogens (tertiary/aromatic N) is 1. The first kappa shape index (κ1) is 10.1. The van der Waals surface area contributed by atoms with Gasteiger partial charge in [-0.2, -0.15) is 0 Å². The number of halogens is 1. The summed E-state index contributed by atoms with van der Waals surface area (Å²) in [6, 6.07) is 0.590. The maximum atomic E-state index is 12.3. The molecule has 1 amide bonds. The number of carbonyl (C=O) groups excluding carboxylic acids is 1. The van der Waals surface area contributed by atoms with Gasteiger partial charge in [0.05, 0.1) is 0 Å². The highest BCUT2D eigenvalue weighted by atomic mass is 79.9. The first-order valence-corrected chi connectivity index (χ1v) is 7.28. The normalized spacial score (nSPS) is 37.5. The molecule has 0 heterocycles. The van der Waals surface area contributed by atoms with Crippen LogP contribution in [0.5, 0.6) is 0 Å². The fraction of sp³-hybridized carbons (Fsp3) is 0.917. The van der Waals surface area contributed by atoms with E-state index >= 15 is 0 Å². The van der Waals surface area contributed by atoms with Crippen LogP contribution < -0.4 is 0 Å². The van der Waals surface area contributed by atoms with Crippen molar-refractivity contribution in [3.05, 3.63) is 0 Å². The Labute approximate surface area is 99.5 Å². The topological polar surface area (TPSA) is 20.3 Å². The molecule has 0 N–H and O–H groups in total. The van der Waals surface area contributed by atoms with Gasteiger partial charge < -0.3 is 4.90 Å². The van der Waals surface area contributed by atoms with E-state index in [9.17, 15) is 4.79 Å². The lowest BCUT2D eigenvalue weighted by Gasteiger charge is -2.25. The molecule has 0 aromatic heterocycles. The number of fused-ring (bicyclic) bond motifs is 1. The second-order valence-electron chi connectivity index (χ2n) is 5.38. The Balaban J connectivity index is 1.60. The fourth-order valence-electron chi connectivity index (χ4n) is 3.10. The second kappa shape index (κ2) is 3.76. The third-order valence-corrected chi connectivity index (χ3v) is 4.54. The van der Waals surface area contributed by atoms with Crippen molar-refractivity contribution in [2.45, 2.75) is 38.1 Å². The highest BCUT2D eigenvalue weighted by molar-refractivity contribution is 9.09. The molecule has 0 aromatic carbocycles. The molecule has 0 spiro atoms. The SMILES string of the molecule is O=C(C1CC2CC2C1)N(CCBr)C1CC1. The van der Waals surface area contributed by atoms with Gasteiger partial charge in [-0.05, 0) is 43.9 Å². The van der Waals surface area contributed by atoms with E-state index in [1.807, 2.05) is 0 Å². The number of hydrogen-bond donors (Lipinski definition) is 0. The molecule has 3 rings (SSSR count). The van der Waals surface area contributed by atoms with Gasteiger partial charge in [0.2, 0.25) is 5.91 Å². The minimum Gasteiger partial charge on any atom is -0.339 e. The van der Waals surface area contributed by atoms with Crippen molar-refractivity contribution < 1.29 is 4.79 Å². The lowest BCUT2D eigenvalue weighted by molar-refractivity contribution is -0.136. The number of rotatable bonds is 4. The number of alkyl halides is 1. The van der Waals surface area contributed by atoms with E-state index in [1.165, 1.54) is 32.1 Å². The van der Waals surface area contributed by atoms with Crippen molar-refractivity contribution in [1.82, 2.24) is 4.90 Å². The van der Waals surface area contributed by atoms with Gasteiger partial charge in [0.1, 0.15) is 0 Å². The summed E-state index contributed by atoms with van der Waals surface area (Å²) >= 11 is 3.45. The van der Waals surface area contributed by atoms with Crippen LogP contribution in [0.25, 0.3) is 0 Å². The summed E-state index contributed by atoms with van der Waals surface area (Å²) in [6.07, 6.45) is 6.26. The molecular weight excluding hydrogens is 254 g/mol. The van der Waals surface area contributed by atoms with Gasteiger partial charge in [-0.25, -0.2) is 0 Å². The zero-order valence-corrected chi connectivity index (χ0v) is 10.6. The average Bonchev–Trinajstić information content (AvgIpc) is 3.15. The van der Waals surface area contributed by atoms with Crippen LogP contribution in [-0.4, -0.2) is 28.7 Å². The summed E-state index contributed by atoms with van der Waals surface area (Å²) in [4.78, 5) is 14.4. The molecule has 3 aliphatic carbocycles. The van der Waals surface area contributed by atoms with E-state index in [-0.39, 0.29) is 0 Å². The summed E-state index contributed by atoms with van der Waals surface area (Å²) in [5, 5.41) is 0.925. The molecule has 2 nitrogen and oxygen atoms in total. The number of amides is 1. The summed E-state index contributed by atoms with van der Waals surface area (Å²) in [6.45, 7) is 0.912. The smallest absolute Gasteiger partial charge is 0.225 e. The molecule has 3 fully saturated rings. The first-order chi connectivity index (χ1) is 7.29. The quantitative estimate of drug-likeness (QED) is 0.720. The Morgan fingerprint density at radius 1 is 1.20 bits per heavy atom. The molecule has 3 saturated carbocycles. The van der Waals surface area contributed by atoms with Crippen LogP contribution in [0.2, 0.25) is 0 Å². The lowest BCUT2D eigenvalue weighted by Crippen LogP contribution is -2.38. The van der Waals surface area contributed by atoms with Crippen molar-refractivity contribution in [2.75, 3.05) is 11.9 Å².